The monoisotopic (exact) mass is 289 g/mol. The molecule has 1 aromatic carbocycles. The number of aromatic nitrogens is 1. The summed E-state index contributed by atoms with van der Waals surface area (Å²) in [4.78, 5) is 3.11. The van der Waals surface area contributed by atoms with Gasteiger partial charge in [0.2, 0.25) is 0 Å². The first kappa shape index (κ1) is 12.7. The second-order valence-corrected chi connectivity index (χ2v) is 7.85. The molecule has 1 atom stereocenters. The van der Waals surface area contributed by atoms with Crippen LogP contribution in [0.1, 0.15) is 6.42 Å². The van der Waals surface area contributed by atoms with Crippen LogP contribution >= 0.6 is 22.7 Å². The average Bonchev–Trinajstić information content (AvgIpc) is 2.54. The molecular weight excluding hydrogens is 278 g/mol. The summed E-state index contributed by atoms with van der Waals surface area (Å²) >= 11 is 5.23. The minimum absolute atomic E-state index is 0.265. The van der Waals surface area contributed by atoms with Crippen molar-refractivity contribution in [3.05, 3.63) is 28.2 Å². The van der Waals surface area contributed by atoms with Crippen LogP contribution in [0.2, 0.25) is 0 Å². The Kier molecular flexibility index (Phi) is 3.62. The van der Waals surface area contributed by atoms with Gasteiger partial charge in [0.1, 0.15) is 4.70 Å². The minimum Gasteiger partial charge on any atom is -0.748 e. The maximum absolute atomic E-state index is 10.5. The third kappa shape index (κ3) is 3.12. The molecule has 1 heterocycles. The summed E-state index contributed by atoms with van der Waals surface area (Å²) in [6.07, 6.45) is 0.352. The van der Waals surface area contributed by atoms with Gasteiger partial charge in [-0.25, -0.2) is 8.42 Å². The van der Waals surface area contributed by atoms with E-state index in [0.717, 1.165) is 14.2 Å². The third-order valence-corrected chi connectivity index (χ3v) is 5.98. The number of aryl methyl sites for hydroxylation is 1. The molecule has 2 aromatic rings. The van der Waals surface area contributed by atoms with E-state index in [1.54, 1.807) is 0 Å². The molecule has 0 radical (unpaired) electrons. The number of hydrogen-bond acceptors (Lipinski definition) is 4. The molecule has 0 amide bonds. The molecule has 0 fully saturated rings. The summed E-state index contributed by atoms with van der Waals surface area (Å²) in [6.45, 7) is 0. The summed E-state index contributed by atoms with van der Waals surface area (Å²) in [6, 6.07) is 7.78. The van der Waals surface area contributed by atoms with Gasteiger partial charge in [-0.15, -0.1) is 0 Å². The van der Waals surface area contributed by atoms with Crippen LogP contribution in [0.4, 0.5) is 0 Å². The Morgan fingerprint density at radius 2 is 2.06 bits per heavy atom. The van der Waals surface area contributed by atoms with Crippen molar-refractivity contribution >= 4 is 43.0 Å². The van der Waals surface area contributed by atoms with E-state index in [1.807, 2.05) is 24.3 Å². The van der Waals surface area contributed by atoms with Crippen molar-refractivity contribution in [3.8, 4) is 0 Å². The van der Waals surface area contributed by atoms with Crippen molar-refractivity contribution < 1.29 is 13.0 Å². The maximum Gasteiger partial charge on any atom is 0.356 e. The Morgan fingerprint density at radius 1 is 1.35 bits per heavy atom. The Labute approximate surface area is 107 Å². The first-order valence-corrected chi connectivity index (χ1v) is 8.40. The minimum atomic E-state index is -4.12. The summed E-state index contributed by atoms with van der Waals surface area (Å²) in [5.74, 6) is 0.297. The van der Waals surface area contributed by atoms with Crippen molar-refractivity contribution in [2.75, 3.05) is 5.75 Å². The molecule has 0 bridgehead atoms. The molecule has 92 valence electrons. The highest BCUT2D eigenvalue weighted by Crippen LogP contribution is 2.32. The van der Waals surface area contributed by atoms with E-state index in [0.29, 0.717) is 12.2 Å². The van der Waals surface area contributed by atoms with Gasteiger partial charge < -0.3 is 4.55 Å². The fourth-order valence-electron chi connectivity index (χ4n) is 1.64. The van der Waals surface area contributed by atoms with Gasteiger partial charge in [0.25, 0.3) is 12.2 Å². The van der Waals surface area contributed by atoms with Crippen LogP contribution in [0.15, 0.2) is 24.3 Å². The van der Waals surface area contributed by atoms with Crippen molar-refractivity contribution in [1.82, 2.24) is 4.98 Å². The molecule has 0 aliphatic carbocycles. The lowest BCUT2D eigenvalue weighted by Crippen LogP contribution is -2.04. The van der Waals surface area contributed by atoms with Crippen LogP contribution in [-0.2, 0) is 15.9 Å². The quantitative estimate of drug-likeness (QED) is 0.533. The van der Waals surface area contributed by atoms with E-state index in [9.17, 15) is 13.0 Å². The number of thiazole rings is 1. The molecule has 4 nitrogen and oxygen atoms in total. The van der Waals surface area contributed by atoms with E-state index >= 15 is 0 Å². The molecule has 0 aliphatic heterocycles. The molecule has 0 saturated carbocycles. The molecule has 2 rings (SSSR count). The summed E-state index contributed by atoms with van der Waals surface area (Å²) in [7, 11) is -4.38. The highest BCUT2D eigenvalue weighted by atomic mass is 32.2. The van der Waals surface area contributed by atoms with Gasteiger partial charge in [-0.2, -0.15) is 0 Å². The fraction of sp³-hybridized carbons (Fsp3) is 0.300. The Bertz CT molecular complexity index is 684. The number of H-pyrrole nitrogens is 1. The summed E-state index contributed by atoms with van der Waals surface area (Å²) in [5, 5.41) is 0. The van der Waals surface area contributed by atoms with Crippen LogP contribution in [0.25, 0.3) is 10.2 Å². The smallest absolute Gasteiger partial charge is 0.356 e. The number of benzene rings is 1. The predicted molar refractivity (Wildman–Crippen MR) is 70.8 cm³/mol. The van der Waals surface area contributed by atoms with Gasteiger partial charge in [-0.3, -0.25) is 4.98 Å². The van der Waals surface area contributed by atoms with Gasteiger partial charge in [0.05, 0.1) is 21.4 Å². The lowest BCUT2D eigenvalue weighted by atomic mass is 10.3. The number of para-hydroxylation sites is 1. The van der Waals surface area contributed by atoms with Crippen molar-refractivity contribution in [1.29, 1.82) is 0 Å². The SMILES string of the molecule is O=S(=O)([O-])CCC[s+]1c(=S)[nH]c2ccccc21. The largest absolute Gasteiger partial charge is 0.748 e. The molecular formula is C10H11NO3S3. The van der Waals surface area contributed by atoms with Crippen molar-refractivity contribution in [3.63, 3.8) is 0 Å². The van der Waals surface area contributed by atoms with E-state index < -0.39 is 10.1 Å². The van der Waals surface area contributed by atoms with E-state index in [1.165, 1.54) is 0 Å². The number of rotatable bonds is 4. The number of hydrogen-bond donors (Lipinski definition) is 1. The lowest BCUT2D eigenvalue weighted by molar-refractivity contribution is 0.462. The molecule has 1 N–H and O–H groups in total. The normalized spacial score (nSPS) is 13.1. The van der Waals surface area contributed by atoms with Crippen molar-refractivity contribution in [2.24, 2.45) is 0 Å². The van der Waals surface area contributed by atoms with Gasteiger partial charge >= 0.3 is 3.95 Å². The molecule has 0 saturated heterocycles. The first-order chi connectivity index (χ1) is 7.97. The Balaban J connectivity index is 2.24. The second-order valence-electron chi connectivity index (χ2n) is 3.62. The number of nitrogens with one attached hydrogen (secondary N) is 1. The van der Waals surface area contributed by atoms with Crippen molar-refractivity contribution in [2.45, 2.75) is 12.2 Å². The molecule has 17 heavy (non-hydrogen) atoms. The van der Waals surface area contributed by atoms with Gasteiger partial charge in [-0.05, 0) is 29.0 Å². The highest BCUT2D eigenvalue weighted by Gasteiger charge is 2.13. The summed E-state index contributed by atoms with van der Waals surface area (Å²) in [5.41, 5.74) is 0.991. The van der Waals surface area contributed by atoms with Crippen LogP contribution in [0.5, 0.6) is 0 Å². The Morgan fingerprint density at radius 3 is 2.76 bits per heavy atom. The zero-order valence-electron chi connectivity index (χ0n) is 8.88. The van der Waals surface area contributed by atoms with Crippen LogP contribution in [0.3, 0.4) is 0 Å². The molecule has 1 aromatic heterocycles. The van der Waals surface area contributed by atoms with Gasteiger partial charge in [0.15, 0.2) is 0 Å². The van der Waals surface area contributed by atoms with E-state index in [-0.39, 0.29) is 16.2 Å². The zero-order valence-corrected chi connectivity index (χ0v) is 11.3. The van der Waals surface area contributed by atoms with Gasteiger partial charge in [-0.1, -0.05) is 12.1 Å². The van der Waals surface area contributed by atoms with Gasteiger partial charge in [0, 0.05) is 5.75 Å². The number of fused-ring (bicyclic) bond motifs is 1. The molecule has 0 aliphatic rings. The second kappa shape index (κ2) is 4.85. The highest BCUT2D eigenvalue weighted by molar-refractivity contribution is 7.85. The fourth-order valence-corrected chi connectivity index (χ4v) is 4.85. The standard InChI is InChI=1S/C10H11NO3S3/c12-17(13,14)7-3-6-16-9-5-2-1-4-8(9)11-10(16)15/h1-2,4-5H,3,6-7H2,(H-,11,12,13,14,15). The molecule has 1 unspecified atom stereocenters. The lowest BCUT2D eigenvalue weighted by Gasteiger charge is -2.03. The topological polar surface area (TPSA) is 73.0 Å². The zero-order chi connectivity index (χ0) is 12.5. The van der Waals surface area contributed by atoms with E-state index in [4.69, 9.17) is 12.2 Å². The predicted octanol–water partition coefficient (Wildman–Crippen LogP) is 2.58. The first-order valence-electron chi connectivity index (χ1n) is 5.02. The Hall–Kier alpha value is -0.760. The molecule has 0 spiro atoms. The van der Waals surface area contributed by atoms with Crippen LogP contribution < -0.4 is 0 Å². The maximum atomic E-state index is 10.5. The molecule has 7 heteroatoms. The van der Waals surface area contributed by atoms with Crippen LogP contribution in [0, 0.1) is 3.95 Å². The van der Waals surface area contributed by atoms with E-state index in [2.05, 4.69) is 4.98 Å². The number of aromatic amines is 1. The average molecular weight is 289 g/mol. The summed E-state index contributed by atoms with van der Waals surface area (Å²) < 4.78 is 33.4. The van der Waals surface area contributed by atoms with Crippen LogP contribution in [-0.4, -0.2) is 23.7 Å². The third-order valence-electron chi connectivity index (χ3n) is 2.36.